The number of rotatable bonds is 58. The van der Waals surface area contributed by atoms with Gasteiger partial charge in [-0.25, -0.2) is 4.79 Å². The van der Waals surface area contributed by atoms with Crippen LogP contribution in [-0.4, -0.2) is 267 Å². The minimum absolute atomic E-state index is 0.0259. The number of carbonyl (C=O) groups excluding carboxylic acids is 3. The fraction of sp³-hybridized carbons (Fsp3) is 0.647. The molecule has 0 saturated heterocycles. The summed E-state index contributed by atoms with van der Waals surface area (Å²) < 4.78 is 92.9. The van der Waals surface area contributed by atoms with E-state index in [9.17, 15) is 14.4 Å². The molecule has 0 bridgehead atoms. The fourth-order valence-electron chi connectivity index (χ4n) is 9.95. The topological polar surface area (TPSA) is 218 Å². The van der Waals surface area contributed by atoms with Crippen molar-refractivity contribution in [1.82, 2.24) is 5.06 Å². The maximum Gasteiger partial charge on any atom is 0.334 e. The van der Waals surface area contributed by atoms with Gasteiger partial charge in [0.1, 0.15) is 12.9 Å². The first kappa shape index (κ1) is 78.3. The first-order valence-electron chi connectivity index (χ1n) is 31.9. The van der Waals surface area contributed by atoms with E-state index in [0.717, 1.165) is 40.7 Å². The molecule has 0 spiro atoms. The van der Waals surface area contributed by atoms with E-state index < -0.39 is 11.9 Å². The summed E-state index contributed by atoms with van der Waals surface area (Å²) in [5.74, 6) is -1.07. The molecule has 0 aliphatic carbocycles. The average Bonchev–Trinajstić information content (AvgIpc) is 1.65. The van der Waals surface area contributed by atoms with Crippen LogP contribution in [-0.2, 0) is 106 Å². The molecule has 2 atom stereocenters. The van der Waals surface area contributed by atoms with Crippen LogP contribution in [0.2, 0.25) is 0 Å². The van der Waals surface area contributed by atoms with Gasteiger partial charge in [0, 0.05) is 95.5 Å². The number of para-hydroxylation sites is 2. The highest BCUT2D eigenvalue weighted by Gasteiger charge is 2.47. The van der Waals surface area contributed by atoms with E-state index in [1.54, 1.807) is 21.3 Å². The van der Waals surface area contributed by atoms with Crippen molar-refractivity contribution in [2.45, 2.75) is 56.8 Å². The average molecular weight is 1290 g/mol. The SMILES string of the molecule is COCCOCCOCCOCC[N+]1=C(/C=C/C=C/C=C/C=C2/N(CCOCCOCCOCCOCCC(=O)ON(C)C(=O)CCC=O)c3ccccc3C2(C)CCOCCOCCOCCOC)C(C)(CCOCCOCCOCCOC)c2ccccc21. The van der Waals surface area contributed by atoms with Crippen LogP contribution in [0.5, 0.6) is 0 Å². The minimum Gasteiger partial charge on any atom is -0.382 e. The van der Waals surface area contributed by atoms with E-state index in [1.807, 2.05) is 0 Å². The highest BCUT2D eigenvalue weighted by Crippen LogP contribution is 2.50. The van der Waals surface area contributed by atoms with Gasteiger partial charge in [0.15, 0.2) is 12.3 Å². The van der Waals surface area contributed by atoms with Crippen molar-refractivity contribution in [3.8, 4) is 0 Å². The third-order valence-corrected chi connectivity index (χ3v) is 14.8. The van der Waals surface area contributed by atoms with Crippen molar-refractivity contribution < 1.29 is 99.6 Å². The highest BCUT2D eigenvalue weighted by atomic mass is 16.7. The molecule has 4 rings (SSSR count). The van der Waals surface area contributed by atoms with E-state index in [2.05, 4.69) is 114 Å². The Morgan fingerprint density at radius 3 is 1.41 bits per heavy atom. The van der Waals surface area contributed by atoms with Gasteiger partial charge < -0.3 is 90.3 Å². The number of hydrogen-bond donors (Lipinski definition) is 0. The first-order valence-corrected chi connectivity index (χ1v) is 31.9. The lowest BCUT2D eigenvalue weighted by molar-refractivity contribution is -0.442. The standard InChI is InChI=1S/C68H106N3O20/c1-67(25-31-79-42-47-87-54-51-83-38-35-75-4)59-17-12-14-19-61(59)70(27-33-81-44-49-89-56-53-85-40-37-77-6)63(67)21-10-8-7-9-11-22-64-68(2,26-32-80-43-48-88-55-52-84-39-36-76-5)60-18-13-15-20-62(60)71(64)28-34-82-45-50-90-58-57-86-46-41-78-30-24-66(74)91-69(3)65(73)23-16-29-72/h7-15,17-22,29H,16,23-28,30-58H2,1-6H3/q+1. The van der Waals surface area contributed by atoms with Crippen LogP contribution in [0.25, 0.3) is 0 Å². The molecule has 2 heterocycles. The van der Waals surface area contributed by atoms with Crippen LogP contribution in [0.1, 0.15) is 57.1 Å². The largest absolute Gasteiger partial charge is 0.382 e. The molecule has 23 nitrogen and oxygen atoms in total. The van der Waals surface area contributed by atoms with Crippen LogP contribution in [0.3, 0.4) is 0 Å². The molecule has 91 heavy (non-hydrogen) atoms. The van der Waals surface area contributed by atoms with Crippen molar-refractivity contribution in [1.29, 1.82) is 0 Å². The second kappa shape index (κ2) is 50.3. The van der Waals surface area contributed by atoms with E-state index in [4.69, 9.17) is 80.6 Å². The summed E-state index contributed by atoms with van der Waals surface area (Å²) in [6.45, 7) is 19.3. The molecule has 2 aliphatic rings. The zero-order valence-electron chi connectivity index (χ0n) is 55.2. The monoisotopic (exact) mass is 1280 g/mol. The zero-order valence-corrected chi connectivity index (χ0v) is 55.2. The van der Waals surface area contributed by atoms with Crippen molar-refractivity contribution in [3.63, 3.8) is 0 Å². The highest BCUT2D eigenvalue weighted by molar-refractivity contribution is 6.03. The van der Waals surface area contributed by atoms with Gasteiger partial charge in [0.2, 0.25) is 5.69 Å². The van der Waals surface area contributed by atoms with E-state index in [-0.39, 0.29) is 43.3 Å². The molecule has 2 aromatic carbocycles. The molecular weight excluding hydrogens is 1180 g/mol. The normalized spacial score (nSPS) is 16.8. The molecule has 2 unspecified atom stereocenters. The Hall–Kier alpha value is -5.16. The molecule has 0 saturated carbocycles. The summed E-state index contributed by atoms with van der Waals surface area (Å²) in [4.78, 5) is 41.6. The molecule has 0 aromatic heterocycles. The van der Waals surface area contributed by atoms with Gasteiger partial charge in [-0.15, -0.1) is 0 Å². The maximum atomic E-state index is 12.0. The van der Waals surface area contributed by atoms with Crippen LogP contribution in [0, 0.1) is 0 Å². The number of methoxy groups -OCH3 is 3. The van der Waals surface area contributed by atoms with Crippen LogP contribution >= 0.6 is 0 Å². The van der Waals surface area contributed by atoms with E-state index in [1.165, 1.54) is 18.2 Å². The first-order chi connectivity index (χ1) is 44.7. The summed E-state index contributed by atoms with van der Waals surface area (Å²) in [6, 6.07) is 17.1. The molecular formula is C68H106N3O20+. The molecule has 0 fully saturated rings. The Morgan fingerprint density at radius 1 is 0.473 bits per heavy atom. The van der Waals surface area contributed by atoms with Gasteiger partial charge >= 0.3 is 5.97 Å². The molecule has 1 amide bonds. The summed E-state index contributed by atoms with van der Waals surface area (Å²) in [5.41, 5.74) is 6.33. The molecule has 23 heteroatoms. The number of allylic oxidation sites excluding steroid dienone is 8. The third kappa shape index (κ3) is 31.1. The Labute approximate surface area is 540 Å². The van der Waals surface area contributed by atoms with Crippen molar-refractivity contribution in [3.05, 3.63) is 108 Å². The van der Waals surface area contributed by atoms with Gasteiger partial charge in [-0.2, -0.15) is 9.64 Å². The van der Waals surface area contributed by atoms with Crippen LogP contribution in [0.15, 0.2) is 96.8 Å². The summed E-state index contributed by atoms with van der Waals surface area (Å²) in [6.07, 6.45) is 17.0. The number of hydrogen-bond acceptors (Lipinski definition) is 21. The van der Waals surface area contributed by atoms with E-state index in [0.29, 0.717) is 198 Å². The quantitative estimate of drug-likeness (QED) is 0.0224. The Kier molecular flexibility index (Phi) is 43.3. The summed E-state index contributed by atoms with van der Waals surface area (Å²) in [5, 5.41) is 0.838. The molecule has 2 aromatic rings. The van der Waals surface area contributed by atoms with Gasteiger partial charge in [-0.3, -0.25) is 4.79 Å². The summed E-state index contributed by atoms with van der Waals surface area (Å²) >= 11 is 0. The fourth-order valence-corrected chi connectivity index (χ4v) is 9.95. The number of ether oxygens (including phenoxy) is 16. The lowest BCUT2D eigenvalue weighted by Gasteiger charge is -2.30. The minimum atomic E-state index is -0.609. The molecule has 0 radical (unpaired) electrons. The number of fused-ring (bicyclic) bond motifs is 2. The maximum absolute atomic E-state index is 12.0. The van der Waals surface area contributed by atoms with Gasteiger partial charge in [0.25, 0.3) is 5.91 Å². The van der Waals surface area contributed by atoms with Gasteiger partial charge in [-0.05, 0) is 44.4 Å². The van der Waals surface area contributed by atoms with Crippen molar-refractivity contribution in [2.24, 2.45) is 0 Å². The predicted molar refractivity (Wildman–Crippen MR) is 345 cm³/mol. The number of anilines is 1. The Bertz CT molecular complexity index is 2420. The number of aldehydes is 1. The lowest BCUT2D eigenvalue weighted by atomic mass is 9.76. The Balaban J connectivity index is 1.39. The number of amides is 1. The van der Waals surface area contributed by atoms with Crippen molar-refractivity contribution >= 4 is 35.2 Å². The second-order valence-corrected chi connectivity index (χ2v) is 21.3. The molecule has 512 valence electrons. The summed E-state index contributed by atoms with van der Waals surface area (Å²) in [7, 11) is 6.29. The third-order valence-electron chi connectivity index (χ3n) is 14.8. The van der Waals surface area contributed by atoms with Gasteiger partial charge in [0.05, 0.1) is 184 Å². The zero-order chi connectivity index (χ0) is 65.1. The number of benzene rings is 2. The lowest BCUT2D eigenvalue weighted by Crippen LogP contribution is -2.33. The molecule has 2 aliphatic heterocycles. The predicted octanol–water partition coefficient (Wildman–Crippen LogP) is 6.59. The van der Waals surface area contributed by atoms with Crippen molar-refractivity contribution in [2.75, 3.05) is 238 Å². The number of hydroxylamine groups is 2. The smallest absolute Gasteiger partial charge is 0.334 e. The van der Waals surface area contributed by atoms with E-state index >= 15 is 0 Å². The van der Waals surface area contributed by atoms with Crippen LogP contribution in [0.4, 0.5) is 11.4 Å². The number of carbonyl (C=O) groups is 3. The Morgan fingerprint density at radius 2 is 0.890 bits per heavy atom. The second-order valence-electron chi connectivity index (χ2n) is 21.3. The molecule has 0 N–H and O–H groups in total. The van der Waals surface area contributed by atoms with Gasteiger partial charge in [-0.1, -0.05) is 66.8 Å². The number of nitrogens with zero attached hydrogens (tertiary/aromatic N) is 3. The van der Waals surface area contributed by atoms with Crippen LogP contribution < -0.4 is 4.90 Å².